The molecule has 4 rings (SSSR count). The summed E-state index contributed by atoms with van der Waals surface area (Å²) in [5, 5.41) is 0. The first-order valence-electron chi connectivity index (χ1n) is 9.98. The number of cyclic esters (lactones) is 1. The van der Waals surface area contributed by atoms with Gasteiger partial charge in [-0.2, -0.15) is 0 Å². The van der Waals surface area contributed by atoms with E-state index in [1.165, 1.54) is 11.3 Å². The van der Waals surface area contributed by atoms with E-state index in [0.717, 1.165) is 31.2 Å². The molecule has 0 unspecified atom stereocenters. The van der Waals surface area contributed by atoms with Gasteiger partial charge in [0, 0.05) is 18.0 Å². The molecule has 0 spiro atoms. The topological polar surface area (TPSA) is 68.7 Å². The van der Waals surface area contributed by atoms with Crippen LogP contribution in [0.5, 0.6) is 0 Å². The van der Waals surface area contributed by atoms with Crippen LogP contribution in [0.2, 0.25) is 0 Å². The van der Waals surface area contributed by atoms with E-state index in [-0.39, 0.29) is 18.8 Å². The second kappa shape index (κ2) is 8.90. The number of nitrogens with zero attached hydrogens (tertiary/aromatic N) is 2. The van der Waals surface area contributed by atoms with Crippen LogP contribution in [-0.4, -0.2) is 34.7 Å². The summed E-state index contributed by atoms with van der Waals surface area (Å²) in [5.74, 6) is -0.567. The highest BCUT2D eigenvalue weighted by Gasteiger charge is 2.38. The van der Waals surface area contributed by atoms with E-state index in [2.05, 4.69) is 11.1 Å². The second-order valence-corrected chi connectivity index (χ2v) is 7.25. The molecule has 1 radical (unpaired) electrons. The van der Waals surface area contributed by atoms with Crippen LogP contribution >= 0.6 is 0 Å². The van der Waals surface area contributed by atoms with E-state index < -0.39 is 12.1 Å². The molecular weight excluding hydrogens is 368 g/mol. The number of aromatic nitrogens is 1. The number of pyridine rings is 1. The number of hydrogen-bond acceptors (Lipinski definition) is 5. The van der Waals surface area contributed by atoms with Crippen molar-refractivity contribution in [3.63, 3.8) is 0 Å². The molecular formula is C23H23N2O4. The Morgan fingerprint density at radius 2 is 1.90 bits per heavy atom. The molecule has 1 amide bonds. The molecule has 1 saturated heterocycles. The molecule has 1 atom stereocenters. The summed E-state index contributed by atoms with van der Waals surface area (Å²) in [6, 6.07) is 12.8. The molecule has 0 N–H and O–H groups in total. The Labute approximate surface area is 170 Å². The van der Waals surface area contributed by atoms with Gasteiger partial charge in [0.05, 0.1) is 11.7 Å². The van der Waals surface area contributed by atoms with Crippen LogP contribution in [-0.2, 0) is 14.3 Å². The molecule has 149 valence electrons. The minimum Gasteiger partial charge on any atom is -0.459 e. The molecule has 0 bridgehead atoms. The van der Waals surface area contributed by atoms with E-state index in [9.17, 15) is 9.59 Å². The van der Waals surface area contributed by atoms with E-state index in [0.29, 0.717) is 11.3 Å². The number of hydrogen-bond donors (Lipinski definition) is 0. The number of rotatable bonds is 5. The van der Waals surface area contributed by atoms with Crippen molar-refractivity contribution < 1.29 is 19.1 Å². The SMILES string of the molecule is O=C([C]=C(c1cccnc1)N1C(=O)OC[C@H]1c1ccccc1)OC1CCCCC1. The maximum atomic E-state index is 12.6. The standard InChI is InChI=1S/C23H23N2O4/c26-22(29-19-11-5-2-6-12-19)14-20(18-10-7-13-24-15-18)25-21(16-28-23(25)27)17-8-3-1-4-9-17/h1,3-4,7-10,13,15,19,21H,2,5-6,11-12,16H2/t21-/m0/s1. The molecule has 1 saturated carbocycles. The maximum absolute atomic E-state index is 12.6. The van der Waals surface area contributed by atoms with Crippen LogP contribution in [0.4, 0.5) is 4.79 Å². The largest absolute Gasteiger partial charge is 0.459 e. The smallest absolute Gasteiger partial charge is 0.415 e. The molecule has 1 aliphatic heterocycles. The Balaban J connectivity index is 1.66. The lowest BCUT2D eigenvalue weighted by Gasteiger charge is -2.25. The van der Waals surface area contributed by atoms with Crippen molar-refractivity contribution in [1.29, 1.82) is 0 Å². The third-order valence-electron chi connectivity index (χ3n) is 5.28. The van der Waals surface area contributed by atoms with Gasteiger partial charge in [-0.1, -0.05) is 36.8 Å². The van der Waals surface area contributed by atoms with Crippen molar-refractivity contribution in [3.8, 4) is 0 Å². The lowest BCUT2D eigenvalue weighted by molar-refractivity contribution is -0.145. The van der Waals surface area contributed by atoms with Gasteiger partial charge in [-0.15, -0.1) is 0 Å². The Morgan fingerprint density at radius 1 is 1.10 bits per heavy atom. The molecule has 2 aromatic rings. The van der Waals surface area contributed by atoms with E-state index in [1.807, 2.05) is 30.3 Å². The molecule has 29 heavy (non-hydrogen) atoms. The minimum atomic E-state index is -0.567. The van der Waals surface area contributed by atoms with Crippen LogP contribution in [0, 0.1) is 6.08 Å². The van der Waals surface area contributed by atoms with Gasteiger partial charge in [-0.05, 0) is 43.4 Å². The zero-order chi connectivity index (χ0) is 20.1. The van der Waals surface area contributed by atoms with Crippen LogP contribution in [0.3, 0.4) is 0 Å². The predicted octanol–water partition coefficient (Wildman–Crippen LogP) is 4.30. The Bertz CT molecular complexity index is 876. The Hall–Kier alpha value is -3.15. The molecule has 1 aromatic heterocycles. The van der Waals surface area contributed by atoms with Crippen molar-refractivity contribution in [2.24, 2.45) is 0 Å². The second-order valence-electron chi connectivity index (χ2n) is 7.25. The predicted molar refractivity (Wildman–Crippen MR) is 106 cm³/mol. The number of ether oxygens (including phenoxy) is 2. The molecule has 1 aliphatic carbocycles. The summed E-state index contributed by atoms with van der Waals surface area (Å²) < 4.78 is 10.9. The molecule has 2 aliphatic rings. The first kappa shape index (κ1) is 19.2. The monoisotopic (exact) mass is 391 g/mol. The highest BCUT2D eigenvalue weighted by molar-refractivity contribution is 5.92. The number of carbonyl (C=O) groups excluding carboxylic acids is 2. The first-order chi connectivity index (χ1) is 14.2. The number of carbonyl (C=O) groups is 2. The van der Waals surface area contributed by atoms with Crippen LogP contribution in [0.25, 0.3) is 5.70 Å². The van der Waals surface area contributed by atoms with E-state index in [1.54, 1.807) is 24.5 Å². The highest BCUT2D eigenvalue weighted by atomic mass is 16.6. The van der Waals surface area contributed by atoms with Gasteiger partial charge >= 0.3 is 12.1 Å². The normalized spacial score (nSPS) is 20.4. The lowest BCUT2D eigenvalue weighted by atomic mass is 9.98. The van der Waals surface area contributed by atoms with Crippen molar-refractivity contribution >= 4 is 17.8 Å². The third-order valence-corrected chi connectivity index (χ3v) is 5.28. The van der Waals surface area contributed by atoms with Gasteiger partial charge in [0.25, 0.3) is 0 Å². The average molecular weight is 391 g/mol. The fourth-order valence-electron chi connectivity index (χ4n) is 3.82. The zero-order valence-corrected chi connectivity index (χ0v) is 16.1. The fourth-order valence-corrected chi connectivity index (χ4v) is 3.82. The minimum absolute atomic E-state index is 0.0886. The lowest BCUT2D eigenvalue weighted by Crippen LogP contribution is -2.28. The average Bonchev–Trinajstić information content (AvgIpc) is 3.15. The van der Waals surface area contributed by atoms with E-state index >= 15 is 0 Å². The van der Waals surface area contributed by atoms with Crippen LogP contribution < -0.4 is 0 Å². The van der Waals surface area contributed by atoms with Crippen LogP contribution in [0.1, 0.15) is 49.3 Å². The van der Waals surface area contributed by atoms with Gasteiger partial charge in [0.15, 0.2) is 0 Å². The summed E-state index contributed by atoms with van der Waals surface area (Å²) >= 11 is 0. The van der Waals surface area contributed by atoms with Crippen LogP contribution in [0.15, 0.2) is 54.9 Å². The number of esters is 1. The highest BCUT2D eigenvalue weighted by Crippen LogP contribution is 2.35. The molecule has 2 heterocycles. The molecule has 6 nitrogen and oxygen atoms in total. The van der Waals surface area contributed by atoms with Gasteiger partial charge in [-0.25, -0.2) is 9.59 Å². The quantitative estimate of drug-likeness (QED) is 0.562. The van der Waals surface area contributed by atoms with Gasteiger partial charge < -0.3 is 9.47 Å². The van der Waals surface area contributed by atoms with Crippen molar-refractivity contribution in [2.75, 3.05) is 6.61 Å². The Morgan fingerprint density at radius 3 is 2.62 bits per heavy atom. The van der Waals surface area contributed by atoms with Crippen molar-refractivity contribution in [3.05, 3.63) is 72.1 Å². The first-order valence-corrected chi connectivity index (χ1v) is 9.98. The number of benzene rings is 1. The summed E-state index contributed by atoms with van der Waals surface area (Å²) in [5.41, 5.74) is 1.84. The van der Waals surface area contributed by atoms with Crippen molar-refractivity contribution in [1.82, 2.24) is 9.88 Å². The molecule has 1 aromatic carbocycles. The van der Waals surface area contributed by atoms with Gasteiger partial charge in [-0.3, -0.25) is 9.88 Å². The number of amides is 1. The van der Waals surface area contributed by atoms with Gasteiger partial charge in [0.2, 0.25) is 0 Å². The maximum Gasteiger partial charge on any atom is 0.415 e. The van der Waals surface area contributed by atoms with Crippen molar-refractivity contribution in [2.45, 2.75) is 44.2 Å². The summed E-state index contributed by atoms with van der Waals surface area (Å²) in [4.78, 5) is 30.9. The summed E-state index contributed by atoms with van der Waals surface area (Å²) in [7, 11) is 0. The molecule has 2 fully saturated rings. The third kappa shape index (κ3) is 4.47. The van der Waals surface area contributed by atoms with E-state index in [4.69, 9.17) is 9.47 Å². The zero-order valence-electron chi connectivity index (χ0n) is 16.1. The molecule has 6 heteroatoms. The van der Waals surface area contributed by atoms with Gasteiger partial charge in [0.1, 0.15) is 18.8 Å². The Kier molecular flexibility index (Phi) is 5.89. The fraction of sp³-hybridized carbons (Fsp3) is 0.348. The summed E-state index contributed by atoms with van der Waals surface area (Å²) in [6.45, 7) is 0.200. The summed E-state index contributed by atoms with van der Waals surface area (Å²) in [6.07, 6.45) is 10.5.